The van der Waals surface area contributed by atoms with Crippen LogP contribution < -0.4 is 10.2 Å². The number of halogens is 1. The summed E-state index contributed by atoms with van der Waals surface area (Å²) in [6, 6.07) is 20.0. The van der Waals surface area contributed by atoms with Crippen LogP contribution in [0.25, 0.3) is 0 Å². The number of nitrogens with one attached hydrogen (secondary N) is 1. The van der Waals surface area contributed by atoms with Gasteiger partial charge in [0.15, 0.2) is 0 Å². The summed E-state index contributed by atoms with van der Waals surface area (Å²) in [5.74, 6) is -0.915. The van der Waals surface area contributed by atoms with Gasteiger partial charge in [0.25, 0.3) is 5.91 Å². The molecule has 0 unspecified atom stereocenters. The van der Waals surface area contributed by atoms with Gasteiger partial charge in [0.2, 0.25) is 0 Å². The van der Waals surface area contributed by atoms with E-state index in [-0.39, 0.29) is 17.4 Å². The molecule has 1 aromatic heterocycles. The van der Waals surface area contributed by atoms with E-state index in [9.17, 15) is 9.18 Å². The highest BCUT2D eigenvalue weighted by atomic mass is 19.1. The molecule has 3 rings (SSSR count). The van der Waals surface area contributed by atoms with Crippen LogP contribution in [-0.2, 0) is 6.54 Å². The predicted molar refractivity (Wildman–Crippen MR) is 106 cm³/mol. The van der Waals surface area contributed by atoms with E-state index in [1.54, 1.807) is 24.4 Å². The molecule has 0 radical (unpaired) electrons. The van der Waals surface area contributed by atoms with Crippen LogP contribution >= 0.6 is 0 Å². The number of aromatic nitrogens is 1. The molecule has 27 heavy (non-hydrogen) atoms. The molecule has 0 aliphatic heterocycles. The Balaban J connectivity index is 1.74. The van der Waals surface area contributed by atoms with Crippen LogP contribution in [-0.4, -0.2) is 16.9 Å². The van der Waals surface area contributed by atoms with E-state index in [4.69, 9.17) is 0 Å². The van der Waals surface area contributed by atoms with Crippen molar-refractivity contribution in [3.63, 3.8) is 0 Å². The maximum Gasteiger partial charge on any atom is 0.274 e. The van der Waals surface area contributed by atoms with Gasteiger partial charge >= 0.3 is 0 Å². The van der Waals surface area contributed by atoms with E-state index >= 15 is 0 Å². The van der Waals surface area contributed by atoms with Gasteiger partial charge in [-0.05, 0) is 43.7 Å². The molecule has 1 heterocycles. The molecule has 0 bridgehead atoms. The molecule has 4 nitrogen and oxygen atoms in total. The molecule has 0 fully saturated rings. The summed E-state index contributed by atoms with van der Waals surface area (Å²) in [7, 11) is 0. The highest BCUT2D eigenvalue weighted by Gasteiger charge is 2.14. The lowest BCUT2D eigenvalue weighted by Gasteiger charge is -2.29. The van der Waals surface area contributed by atoms with Crippen LogP contribution in [0.15, 0.2) is 72.9 Å². The minimum Gasteiger partial charge on any atom is -0.364 e. The molecule has 1 amide bonds. The fraction of sp³-hybridized carbons (Fsp3) is 0.182. The van der Waals surface area contributed by atoms with Crippen LogP contribution in [0.4, 0.5) is 15.8 Å². The van der Waals surface area contributed by atoms with E-state index in [0.717, 1.165) is 12.2 Å². The SMILES string of the molecule is CC(C)N(Cc1ccccc1)c1ccc(C(=O)Nc2ccccc2F)nc1. The van der Waals surface area contributed by atoms with Crippen LogP contribution in [0.5, 0.6) is 0 Å². The van der Waals surface area contributed by atoms with Crippen molar-refractivity contribution in [2.24, 2.45) is 0 Å². The molecule has 0 aliphatic rings. The standard InChI is InChI=1S/C22H22FN3O/c1-16(2)26(15-17-8-4-3-5-9-17)18-12-13-21(24-14-18)22(27)25-20-11-7-6-10-19(20)23/h3-14,16H,15H2,1-2H3,(H,25,27). The van der Waals surface area contributed by atoms with Crippen LogP contribution in [0, 0.1) is 5.82 Å². The Morgan fingerprint density at radius 2 is 1.74 bits per heavy atom. The summed E-state index contributed by atoms with van der Waals surface area (Å²) in [5, 5.41) is 2.55. The fourth-order valence-electron chi connectivity index (χ4n) is 2.79. The Morgan fingerprint density at radius 3 is 2.37 bits per heavy atom. The lowest BCUT2D eigenvalue weighted by atomic mass is 10.1. The first-order valence-electron chi connectivity index (χ1n) is 8.87. The van der Waals surface area contributed by atoms with Gasteiger partial charge in [-0.25, -0.2) is 9.37 Å². The van der Waals surface area contributed by atoms with Crippen molar-refractivity contribution < 1.29 is 9.18 Å². The monoisotopic (exact) mass is 363 g/mol. The second kappa shape index (κ2) is 8.45. The zero-order valence-electron chi connectivity index (χ0n) is 15.4. The molecule has 0 aliphatic carbocycles. The average Bonchev–Trinajstić information content (AvgIpc) is 2.68. The number of benzene rings is 2. The third-order valence-corrected chi connectivity index (χ3v) is 4.25. The molecular formula is C22H22FN3O. The highest BCUT2D eigenvalue weighted by Crippen LogP contribution is 2.20. The Morgan fingerprint density at radius 1 is 1.04 bits per heavy atom. The van der Waals surface area contributed by atoms with Crippen molar-refractivity contribution in [3.05, 3.63) is 90.0 Å². The zero-order chi connectivity index (χ0) is 19.2. The number of rotatable bonds is 6. The molecular weight excluding hydrogens is 341 g/mol. The summed E-state index contributed by atoms with van der Waals surface area (Å²) in [6.07, 6.45) is 1.68. The minimum absolute atomic E-state index is 0.140. The molecule has 0 saturated heterocycles. The quantitative estimate of drug-likeness (QED) is 0.678. The van der Waals surface area contributed by atoms with E-state index in [1.165, 1.54) is 17.7 Å². The molecule has 1 N–H and O–H groups in total. The van der Waals surface area contributed by atoms with Gasteiger partial charge in [-0.3, -0.25) is 4.79 Å². The predicted octanol–water partition coefficient (Wildman–Crippen LogP) is 4.89. The lowest BCUT2D eigenvalue weighted by molar-refractivity contribution is 0.102. The zero-order valence-corrected chi connectivity index (χ0v) is 15.4. The normalized spacial score (nSPS) is 10.7. The third kappa shape index (κ3) is 4.70. The van der Waals surface area contributed by atoms with Crippen molar-refractivity contribution in [1.82, 2.24) is 4.98 Å². The first-order chi connectivity index (χ1) is 13.0. The van der Waals surface area contributed by atoms with Crippen LogP contribution in [0.3, 0.4) is 0 Å². The summed E-state index contributed by atoms with van der Waals surface area (Å²) >= 11 is 0. The van der Waals surface area contributed by atoms with Gasteiger partial charge in [-0.1, -0.05) is 42.5 Å². The molecule has 0 atom stereocenters. The first-order valence-corrected chi connectivity index (χ1v) is 8.87. The van der Waals surface area contributed by atoms with Crippen molar-refractivity contribution >= 4 is 17.3 Å². The lowest BCUT2D eigenvalue weighted by Crippen LogP contribution is -2.30. The van der Waals surface area contributed by atoms with E-state index in [2.05, 4.69) is 41.2 Å². The number of pyridine rings is 1. The Hall–Kier alpha value is -3.21. The van der Waals surface area contributed by atoms with E-state index < -0.39 is 11.7 Å². The Kier molecular flexibility index (Phi) is 5.81. The van der Waals surface area contributed by atoms with Crippen molar-refractivity contribution in [2.45, 2.75) is 26.4 Å². The first kappa shape index (κ1) is 18.6. The van der Waals surface area contributed by atoms with E-state index in [0.29, 0.717) is 0 Å². The van der Waals surface area contributed by atoms with Crippen LogP contribution in [0.2, 0.25) is 0 Å². The average molecular weight is 363 g/mol. The topological polar surface area (TPSA) is 45.2 Å². The van der Waals surface area contributed by atoms with Crippen molar-refractivity contribution in [3.8, 4) is 0 Å². The molecule has 5 heteroatoms. The summed E-state index contributed by atoms with van der Waals surface area (Å²) in [4.78, 5) is 18.8. The Bertz CT molecular complexity index is 895. The Labute approximate surface area is 158 Å². The summed E-state index contributed by atoms with van der Waals surface area (Å²) in [5.41, 5.74) is 2.51. The number of amides is 1. The number of hydrogen-bond acceptors (Lipinski definition) is 3. The number of anilines is 2. The van der Waals surface area contributed by atoms with Crippen molar-refractivity contribution in [2.75, 3.05) is 10.2 Å². The van der Waals surface area contributed by atoms with Crippen molar-refractivity contribution in [1.29, 1.82) is 0 Å². The molecule has 138 valence electrons. The number of hydrogen-bond donors (Lipinski definition) is 1. The number of para-hydroxylation sites is 1. The third-order valence-electron chi connectivity index (χ3n) is 4.25. The molecule has 2 aromatic carbocycles. The van der Waals surface area contributed by atoms with Gasteiger partial charge in [0.05, 0.1) is 17.6 Å². The number of carbonyl (C=O) groups excluding carboxylic acids is 1. The second-order valence-electron chi connectivity index (χ2n) is 6.54. The fourth-order valence-corrected chi connectivity index (χ4v) is 2.79. The van der Waals surface area contributed by atoms with E-state index in [1.807, 2.05) is 24.3 Å². The van der Waals surface area contributed by atoms with Gasteiger partial charge in [-0.15, -0.1) is 0 Å². The van der Waals surface area contributed by atoms with Gasteiger partial charge in [0, 0.05) is 12.6 Å². The van der Waals surface area contributed by atoms with Gasteiger partial charge in [0.1, 0.15) is 11.5 Å². The minimum atomic E-state index is -0.476. The van der Waals surface area contributed by atoms with Gasteiger partial charge in [-0.2, -0.15) is 0 Å². The summed E-state index contributed by atoms with van der Waals surface area (Å²) < 4.78 is 13.7. The molecule has 0 spiro atoms. The molecule has 0 saturated carbocycles. The summed E-state index contributed by atoms with van der Waals surface area (Å²) in [6.45, 7) is 4.98. The maximum absolute atomic E-state index is 13.7. The van der Waals surface area contributed by atoms with Crippen LogP contribution in [0.1, 0.15) is 29.9 Å². The second-order valence-corrected chi connectivity index (χ2v) is 6.54. The largest absolute Gasteiger partial charge is 0.364 e. The smallest absolute Gasteiger partial charge is 0.274 e. The number of nitrogens with zero attached hydrogens (tertiary/aromatic N) is 2. The number of carbonyl (C=O) groups is 1. The van der Waals surface area contributed by atoms with Gasteiger partial charge < -0.3 is 10.2 Å². The molecule has 3 aromatic rings. The maximum atomic E-state index is 13.7. The highest BCUT2D eigenvalue weighted by molar-refractivity contribution is 6.03.